The number of pyridine rings is 1. The standard InChI is InChI=1S/C16H24BClF3NO/c1-7-8-17(23-15(5,6)14(2,3)4)11-9-12(16(19,20)21)22-13(18)10-11/h9-10H,7-8H2,1-6H3. The summed E-state index contributed by atoms with van der Waals surface area (Å²) in [5.74, 6) is 0. The van der Waals surface area contributed by atoms with Gasteiger partial charge in [-0.15, -0.1) is 0 Å². The second kappa shape index (κ2) is 7.02. The zero-order valence-electron chi connectivity index (χ0n) is 14.5. The number of aromatic nitrogens is 1. The SMILES string of the molecule is CCCB(OC(C)(C)C(C)(C)C)c1cc(Cl)nc(C(F)(F)F)c1. The number of halogens is 4. The molecule has 0 spiro atoms. The average Bonchev–Trinajstić information content (AvgIpc) is 2.34. The Bertz CT molecular complexity index is 541. The van der Waals surface area contributed by atoms with Crippen LogP contribution in [-0.2, 0) is 10.8 Å². The molecule has 0 aliphatic carbocycles. The zero-order chi connectivity index (χ0) is 18.1. The molecule has 7 heteroatoms. The van der Waals surface area contributed by atoms with Gasteiger partial charge in [-0.25, -0.2) is 4.98 Å². The van der Waals surface area contributed by atoms with Gasteiger partial charge in [0.25, 0.3) is 0 Å². The van der Waals surface area contributed by atoms with Crippen LogP contribution in [0.15, 0.2) is 12.1 Å². The Labute approximate surface area is 141 Å². The average molecular weight is 350 g/mol. The number of hydrogen-bond acceptors (Lipinski definition) is 2. The molecule has 1 rings (SSSR count). The first-order valence-electron chi connectivity index (χ1n) is 7.70. The highest BCUT2D eigenvalue weighted by Crippen LogP contribution is 2.34. The second-order valence-electron chi connectivity index (χ2n) is 7.26. The van der Waals surface area contributed by atoms with Gasteiger partial charge in [0, 0.05) is 0 Å². The van der Waals surface area contributed by atoms with Gasteiger partial charge < -0.3 is 4.65 Å². The molecule has 0 radical (unpaired) electrons. The van der Waals surface area contributed by atoms with Crippen LogP contribution in [0.3, 0.4) is 0 Å². The van der Waals surface area contributed by atoms with E-state index in [1.165, 1.54) is 6.07 Å². The van der Waals surface area contributed by atoms with Crippen molar-refractivity contribution >= 4 is 24.0 Å². The first kappa shape index (κ1) is 20.3. The van der Waals surface area contributed by atoms with Crippen LogP contribution in [0.1, 0.15) is 53.7 Å². The van der Waals surface area contributed by atoms with Crippen LogP contribution in [-0.4, -0.2) is 17.5 Å². The summed E-state index contributed by atoms with van der Waals surface area (Å²) in [7, 11) is 0. The molecular formula is C16H24BClF3NO. The van der Waals surface area contributed by atoms with E-state index in [1.807, 2.05) is 41.5 Å². The smallest absolute Gasteiger partial charge is 0.426 e. The molecule has 0 saturated carbocycles. The highest BCUT2D eigenvalue weighted by molar-refractivity contribution is 6.67. The molecule has 1 aromatic heterocycles. The Morgan fingerprint density at radius 1 is 1.13 bits per heavy atom. The third-order valence-electron chi connectivity index (χ3n) is 4.27. The Kier molecular flexibility index (Phi) is 6.19. The van der Waals surface area contributed by atoms with Crippen molar-refractivity contribution < 1.29 is 17.8 Å². The first-order chi connectivity index (χ1) is 10.3. The summed E-state index contributed by atoms with van der Waals surface area (Å²) in [5, 5.41) is -0.173. The molecule has 1 aromatic rings. The minimum atomic E-state index is -4.53. The molecule has 0 unspecified atom stereocenters. The molecular weight excluding hydrogens is 325 g/mol. The molecule has 0 aliphatic heterocycles. The van der Waals surface area contributed by atoms with Crippen molar-refractivity contribution in [1.82, 2.24) is 4.98 Å². The summed E-state index contributed by atoms with van der Waals surface area (Å²) in [6, 6.07) is 2.49. The number of alkyl halides is 3. The van der Waals surface area contributed by atoms with Crippen LogP contribution >= 0.6 is 11.6 Å². The van der Waals surface area contributed by atoms with Crippen molar-refractivity contribution in [2.45, 2.75) is 66.1 Å². The predicted molar refractivity (Wildman–Crippen MR) is 89.4 cm³/mol. The van der Waals surface area contributed by atoms with Gasteiger partial charge in [0.2, 0.25) is 0 Å². The quantitative estimate of drug-likeness (QED) is 0.538. The lowest BCUT2D eigenvalue weighted by Gasteiger charge is -2.41. The molecule has 0 atom stereocenters. The first-order valence-corrected chi connectivity index (χ1v) is 8.08. The number of hydrogen-bond donors (Lipinski definition) is 0. The van der Waals surface area contributed by atoms with E-state index in [9.17, 15) is 13.2 Å². The van der Waals surface area contributed by atoms with Crippen molar-refractivity contribution in [3.63, 3.8) is 0 Å². The van der Waals surface area contributed by atoms with E-state index < -0.39 is 24.4 Å². The monoisotopic (exact) mass is 349 g/mol. The third kappa shape index (κ3) is 5.38. The van der Waals surface area contributed by atoms with Gasteiger partial charge in [-0.05, 0) is 43.2 Å². The normalized spacial score (nSPS) is 13.3. The van der Waals surface area contributed by atoms with Crippen LogP contribution in [0.2, 0.25) is 11.5 Å². The van der Waals surface area contributed by atoms with E-state index in [1.54, 1.807) is 0 Å². The molecule has 0 aliphatic rings. The highest BCUT2D eigenvalue weighted by atomic mass is 35.5. The molecule has 0 saturated heterocycles. The maximum absolute atomic E-state index is 13.0. The molecule has 130 valence electrons. The van der Waals surface area contributed by atoms with E-state index >= 15 is 0 Å². The van der Waals surface area contributed by atoms with Gasteiger partial charge in [-0.3, -0.25) is 0 Å². The van der Waals surface area contributed by atoms with E-state index in [-0.39, 0.29) is 10.6 Å². The van der Waals surface area contributed by atoms with Gasteiger partial charge in [0.15, 0.2) is 0 Å². The summed E-state index contributed by atoms with van der Waals surface area (Å²) in [6.07, 6.45) is -3.14. The minimum Gasteiger partial charge on any atom is -0.426 e. The Hall–Kier alpha value is -0.745. The van der Waals surface area contributed by atoms with Gasteiger partial charge >= 0.3 is 13.1 Å². The maximum atomic E-state index is 13.0. The fourth-order valence-electron chi connectivity index (χ4n) is 1.94. The predicted octanol–water partition coefficient (Wildman–Crippen LogP) is 5.20. The van der Waals surface area contributed by atoms with Gasteiger partial charge in [-0.1, -0.05) is 45.7 Å². The fraction of sp³-hybridized carbons (Fsp3) is 0.688. The molecule has 23 heavy (non-hydrogen) atoms. The Morgan fingerprint density at radius 3 is 2.13 bits per heavy atom. The largest absolute Gasteiger partial charge is 0.433 e. The lowest BCUT2D eigenvalue weighted by Crippen LogP contribution is -2.48. The zero-order valence-corrected chi connectivity index (χ0v) is 15.3. The lowest BCUT2D eigenvalue weighted by atomic mass is 9.56. The summed E-state index contributed by atoms with van der Waals surface area (Å²) in [6.45, 7) is 11.5. The summed E-state index contributed by atoms with van der Waals surface area (Å²) >= 11 is 5.79. The summed E-state index contributed by atoms with van der Waals surface area (Å²) in [5.41, 5.74) is -1.25. The van der Waals surface area contributed by atoms with Crippen LogP contribution in [0.4, 0.5) is 13.2 Å². The van der Waals surface area contributed by atoms with Crippen molar-refractivity contribution in [3.05, 3.63) is 23.0 Å². The number of rotatable bonds is 5. The fourth-order valence-corrected chi connectivity index (χ4v) is 2.15. The molecule has 0 amide bonds. The van der Waals surface area contributed by atoms with Gasteiger partial charge in [-0.2, -0.15) is 13.2 Å². The Morgan fingerprint density at radius 2 is 1.70 bits per heavy atom. The molecule has 0 N–H and O–H groups in total. The maximum Gasteiger partial charge on any atom is 0.433 e. The number of nitrogens with zero attached hydrogens (tertiary/aromatic N) is 1. The van der Waals surface area contributed by atoms with Crippen LogP contribution < -0.4 is 5.46 Å². The van der Waals surface area contributed by atoms with E-state index in [4.69, 9.17) is 16.3 Å². The van der Waals surface area contributed by atoms with Crippen LogP contribution in [0.5, 0.6) is 0 Å². The summed E-state index contributed by atoms with van der Waals surface area (Å²) < 4.78 is 45.1. The third-order valence-corrected chi connectivity index (χ3v) is 4.47. The van der Waals surface area contributed by atoms with Crippen LogP contribution in [0.25, 0.3) is 0 Å². The van der Waals surface area contributed by atoms with E-state index in [2.05, 4.69) is 4.98 Å². The van der Waals surface area contributed by atoms with Crippen LogP contribution in [0, 0.1) is 5.41 Å². The summed E-state index contributed by atoms with van der Waals surface area (Å²) in [4.78, 5) is 3.38. The lowest BCUT2D eigenvalue weighted by molar-refractivity contribution is -0.141. The van der Waals surface area contributed by atoms with Crippen molar-refractivity contribution in [2.75, 3.05) is 0 Å². The minimum absolute atomic E-state index is 0.164. The van der Waals surface area contributed by atoms with Crippen molar-refractivity contribution in [1.29, 1.82) is 0 Å². The molecule has 0 fully saturated rings. The second-order valence-corrected chi connectivity index (χ2v) is 7.65. The van der Waals surface area contributed by atoms with Crippen molar-refractivity contribution in [2.24, 2.45) is 5.41 Å². The molecule has 2 nitrogen and oxygen atoms in total. The van der Waals surface area contributed by atoms with Gasteiger partial charge in [0.1, 0.15) is 10.8 Å². The molecule has 0 bridgehead atoms. The highest BCUT2D eigenvalue weighted by Gasteiger charge is 2.39. The molecule has 0 aromatic carbocycles. The Balaban J connectivity index is 3.23. The van der Waals surface area contributed by atoms with E-state index in [0.717, 1.165) is 12.5 Å². The topological polar surface area (TPSA) is 22.1 Å². The van der Waals surface area contributed by atoms with Gasteiger partial charge in [0.05, 0.1) is 5.60 Å². The molecule has 1 heterocycles. The van der Waals surface area contributed by atoms with E-state index in [0.29, 0.717) is 11.8 Å². The van der Waals surface area contributed by atoms with Crippen molar-refractivity contribution in [3.8, 4) is 0 Å².